The zero-order valence-electron chi connectivity index (χ0n) is 22.6. The van der Waals surface area contributed by atoms with Crippen LogP contribution in [0.4, 0.5) is 0 Å². The molecule has 5 rings (SSSR count). The fraction of sp³-hybridized carbons (Fsp3) is 0.867. The second kappa shape index (κ2) is 7.43. The van der Waals surface area contributed by atoms with Gasteiger partial charge in [0.1, 0.15) is 11.9 Å². The smallest absolute Gasteiger partial charge is 0.309 e. The number of carbonyl (C=O) groups is 2. The zero-order valence-corrected chi connectivity index (χ0v) is 22.6. The van der Waals surface area contributed by atoms with Crippen molar-refractivity contribution in [3.05, 3.63) is 11.1 Å². The monoisotopic (exact) mass is 470 g/mol. The molecule has 1 heterocycles. The Hall–Kier alpha value is -1.16. The molecule has 8 atom stereocenters. The summed E-state index contributed by atoms with van der Waals surface area (Å²) in [5.74, 6) is 0.838. The van der Waals surface area contributed by atoms with Crippen LogP contribution in [0.2, 0.25) is 0 Å². The first-order valence-electron chi connectivity index (χ1n) is 13.9. The molecule has 4 aliphatic carbocycles. The fourth-order valence-electron chi connectivity index (χ4n) is 9.89. The highest BCUT2D eigenvalue weighted by atomic mass is 16.5. The first-order chi connectivity index (χ1) is 15.7. The van der Waals surface area contributed by atoms with Crippen LogP contribution in [0.5, 0.6) is 0 Å². The standard InChI is InChI=1S/C30H46O4/c1-18-16-20(34-25(18)32)17-19(2)30(33)15-14-28(6)22-8-9-23-26(3,4)24(31)11-12-27(23,5)21(22)10-13-29(28,30)7/h18-20,23,33H,8-17H2,1-7H3. The van der Waals surface area contributed by atoms with Gasteiger partial charge < -0.3 is 9.84 Å². The fourth-order valence-corrected chi connectivity index (χ4v) is 9.89. The van der Waals surface area contributed by atoms with Crippen molar-refractivity contribution in [3.63, 3.8) is 0 Å². The number of fused-ring (bicyclic) bond motifs is 4. The Morgan fingerprint density at radius 1 is 0.971 bits per heavy atom. The molecule has 4 heteroatoms. The van der Waals surface area contributed by atoms with Crippen molar-refractivity contribution in [2.45, 2.75) is 124 Å². The number of cyclic esters (lactones) is 1. The number of carbonyl (C=O) groups excluding carboxylic acids is 2. The summed E-state index contributed by atoms with van der Waals surface area (Å²) in [6.07, 6.45) is 9.19. The number of allylic oxidation sites excluding steroid dienone is 2. The molecule has 4 nitrogen and oxygen atoms in total. The molecule has 0 radical (unpaired) electrons. The van der Waals surface area contributed by atoms with E-state index in [1.807, 2.05) is 6.92 Å². The zero-order chi connectivity index (χ0) is 24.9. The maximum absolute atomic E-state index is 12.8. The number of hydrogen-bond donors (Lipinski definition) is 1. The van der Waals surface area contributed by atoms with E-state index < -0.39 is 5.60 Å². The Labute approximate surface area is 206 Å². The molecule has 1 N–H and O–H groups in total. The van der Waals surface area contributed by atoms with Gasteiger partial charge in [0.15, 0.2) is 0 Å². The van der Waals surface area contributed by atoms with Gasteiger partial charge in [-0.1, -0.05) is 59.6 Å². The molecule has 190 valence electrons. The Bertz CT molecular complexity index is 947. The summed E-state index contributed by atoms with van der Waals surface area (Å²) >= 11 is 0. The molecule has 34 heavy (non-hydrogen) atoms. The molecule has 0 bridgehead atoms. The quantitative estimate of drug-likeness (QED) is 0.383. The van der Waals surface area contributed by atoms with E-state index in [1.165, 1.54) is 0 Å². The Morgan fingerprint density at radius 3 is 2.32 bits per heavy atom. The molecule has 3 fully saturated rings. The van der Waals surface area contributed by atoms with Crippen LogP contribution in [0.3, 0.4) is 0 Å². The first kappa shape index (κ1) is 24.5. The van der Waals surface area contributed by atoms with Crippen LogP contribution in [-0.4, -0.2) is 28.6 Å². The second-order valence-electron chi connectivity index (χ2n) is 14.0. The average molecular weight is 471 g/mol. The molecule has 5 aliphatic rings. The lowest BCUT2D eigenvalue weighted by Gasteiger charge is -2.62. The lowest BCUT2D eigenvalue weighted by atomic mass is 9.43. The molecule has 1 aliphatic heterocycles. The number of hydrogen-bond acceptors (Lipinski definition) is 4. The predicted octanol–water partition coefficient (Wildman–Crippen LogP) is 6.40. The Morgan fingerprint density at radius 2 is 1.68 bits per heavy atom. The molecular weight excluding hydrogens is 424 g/mol. The van der Waals surface area contributed by atoms with Gasteiger partial charge in [-0.3, -0.25) is 9.59 Å². The lowest BCUT2D eigenvalue weighted by Crippen LogP contribution is -2.58. The Balaban J connectivity index is 1.47. The van der Waals surface area contributed by atoms with Crippen LogP contribution >= 0.6 is 0 Å². The largest absolute Gasteiger partial charge is 0.462 e. The van der Waals surface area contributed by atoms with Gasteiger partial charge in [0.25, 0.3) is 0 Å². The summed E-state index contributed by atoms with van der Waals surface area (Å²) in [5.41, 5.74) is 2.18. The molecule has 0 aromatic heterocycles. The third-order valence-electron chi connectivity index (χ3n) is 12.4. The summed E-state index contributed by atoms with van der Waals surface area (Å²) in [4.78, 5) is 24.8. The summed E-state index contributed by atoms with van der Waals surface area (Å²) in [6, 6.07) is 0. The maximum Gasteiger partial charge on any atom is 0.309 e. The molecule has 0 spiro atoms. The highest BCUT2D eigenvalue weighted by Crippen LogP contribution is 2.73. The van der Waals surface area contributed by atoms with Crippen LogP contribution in [0, 0.1) is 39.4 Å². The number of rotatable bonds is 3. The van der Waals surface area contributed by atoms with Crippen LogP contribution < -0.4 is 0 Å². The molecule has 0 amide bonds. The molecular formula is C30H46O4. The second-order valence-corrected chi connectivity index (χ2v) is 14.0. The van der Waals surface area contributed by atoms with Crippen molar-refractivity contribution >= 4 is 11.8 Å². The molecule has 0 aromatic rings. The SMILES string of the molecule is CC1CC(CC(C)C2(O)CCC3(C)C4=C(CCC32C)C2(C)CCC(=O)C(C)(C)C2CC4)OC1=O. The van der Waals surface area contributed by atoms with E-state index in [4.69, 9.17) is 4.74 Å². The molecule has 1 saturated heterocycles. The topological polar surface area (TPSA) is 63.6 Å². The average Bonchev–Trinajstić information content (AvgIpc) is 3.19. The van der Waals surface area contributed by atoms with Gasteiger partial charge in [-0.05, 0) is 80.5 Å². The van der Waals surface area contributed by atoms with Gasteiger partial charge in [-0.2, -0.15) is 0 Å². The van der Waals surface area contributed by atoms with Crippen LogP contribution in [0.25, 0.3) is 0 Å². The predicted molar refractivity (Wildman–Crippen MR) is 133 cm³/mol. The van der Waals surface area contributed by atoms with Crippen molar-refractivity contribution in [3.8, 4) is 0 Å². The third-order valence-corrected chi connectivity index (χ3v) is 12.4. The number of esters is 1. The van der Waals surface area contributed by atoms with E-state index in [0.29, 0.717) is 18.1 Å². The van der Waals surface area contributed by atoms with E-state index in [0.717, 1.165) is 57.8 Å². The minimum atomic E-state index is -0.752. The number of Topliss-reactive ketones (excluding diaryl/α,β-unsaturated/α-hetero) is 1. The molecule has 8 unspecified atom stereocenters. The van der Waals surface area contributed by atoms with Gasteiger partial charge in [0, 0.05) is 17.3 Å². The first-order valence-corrected chi connectivity index (χ1v) is 13.9. The third kappa shape index (κ3) is 2.93. The lowest BCUT2D eigenvalue weighted by molar-refractivity contribution is -0.152. The van der Waals surface area contributed by atoms with Crippen molar-refractivity contribution in [1.29, 1.82) is 0 Å². The summed E-state index contributed by atoms with van der Waals surface area (Å²) < 4.78 is 5.64. The summed E-state index contributed by atoms with van der Waals surface area (Å²) in [7, 11) is 0. The number of aliphatic hydroxyl groups is 1. The van der Waals surface area contributed by atoms with E-state index in [2.05, 4.69) is 41.5 Å². The van der Waals surface area contributed by atoms with Crippen LogP contribution in [0.15, 0.2) is 11.1 Å². The van der Waals surface area contributed by atoms with E-state index >= 15 is 0 Å². The number of ether oxygens (including phenoxy) is 1. The molecule has 2 saturated carbocycles. The van der Waals surface area contributed by atoms with E-state index in [9.17, 15) is 14.7 Å². The Kier molecular flexibility index (Phi) is 5.36. The van der Waals surface area contributed by atoms with Gasteiger partial charge in [-0.25, -0.2) is 0 Å². The van der Waals surface area contributed by atoms with E-state index in [1.54, 1.807) is 11.1 Å². The highest BCUT2D eigenvalue weighted by molar-refractivity contribution is 5.85. The normalized spacial score (nSPS) is 48.8. The summed E-state index contributed by atoms with van der Waals surface area (Å²) in [6.45, 7) is 15.7. The summed E-state index contributed by atoms with van der Waals surface area (Å²) in [5, 5.41) is 12.4. The van der Waals surface area contributed by atoms with Crippen molar-refractivity contribution in [2.24, 2.45) is 39.4 Å². The van der Waals surface area contributed by atoms with Gasteiger partial charge in [0.2, 0.25) is 0 Å². The van der Waals surface area contributed by atoms with Crippen LogP contribution in [-0.2, 0) is 14.3 Å². The van der Waals surface area contributed by atoms with Crippen molar-refractivity contribution in [2.75, 3.05) is 0 Å². The highest BCUT2D eigenvalue weighted by Gasteiger charge is 2.68. The minimum Gasteiger partial charge on any atom is -0.462 e. The van der Waals surface area contributed by atoms with Crippen molar-refractivity contribution in [1.82, 2.24) is 0 Å². The van der Waals surface area contributed by atoms with Gasteiger partial charge >= 0.3 is 5.97 Å². The van der Waals surface area contributed by atoms with Gasteiger partial charge in [-0.15, -0.1) is 0 Å². The van der Waals surface area contributed by atoms with E-state index in [-0.39, 0.29) is 45.6 Å². The minimum absolute atomic E-state index is 0.0111. The molecule has 0 aromatic carbocycles. The maximum atomic E-state index is 12.8. The number of ketones is 1. The van der Waals surface area contributed by atoms with Gasteiger partial charge in [0.05, 0.1) is 11.5 Å². The van der Waals surface area contributed by atoms with Crippen molar-refractivity contribution < 1.29 is 19.4 Å². The van der Waals surface area contributed by atoms with Crippen LogP contribution in [0.1, 0.15) is 113 Å².